The number of hydrogen-bond acceptors (Lipinski definition) is 4. The van der Waals surface area contributed by atoms with Gasteiger partial charge in [-0.2, -0.15) is 0 Å². The van der Waals surface area contributed by atoms with Crippen molar-refractivity contribution in [3.63, 3.8) is 0 Å². The Bertz CT molecular complexity index is 364. The third kappa shape index (κ3) is 2.53. The van der Waals surface area contributed by atoms with Crippen molar-refractivity contribution in [1.82, 2.24) is 5.32 Å². The number of ether oxygens (including phenoxy) is 2. The molecule has 2 rings (SSSR count). The fourth-order valence-electron chi connectivity index (χ4n) is 2.28. The molecule has 1 aromatic carbocycles. The molecule has 1 aliphatic heterocycles. The van der Waals surface area contributed by atoms with Crippen LogP contribution in [0.15, 0.2) is 17.0 Å². The summed E-state index contributed by atoms with van der Waals surface area (Å²) in [6, 6.07) is 4.33. The van der Waals surface area contributed by atoms with Gasteiger partial charge in [-0.25, -0.2) is 0 Å². The van der Waals surface area contributed by atoms with Crippen LogP contribution in [0, 0.1) is 0 Å². The fraction of sp³-hybridized carbons (Fsp3) is 0.538. The second-order valence-electron chi connectivity index (χ2n) is 4.15. The Morgan fingerprint density at radius 3 is 2.65 bits per heavy atom. The van der Waals surface area contributed by atoms with Gasteiger partial charge in [0, 0.05) is 6.54 Å². The molecule has 17 heavy (non-hydrogen) atoms. The van der Waals surface area contributed by atoms with E-state index in [-0.39, 0.29) is 0 Å². The second kappa shape index (κ2) is 5.65. The Kier molecular flexibility index (Phi) is 4.18. The molecular formula is C13H19NO2S. The number of rotatable bonds is 4. The molecule has 1 aliphatic rings. The summed E-state index contributed by atoms with van der Waals surface area (Å²) in [7, 11) is 3.38. The van der Waals surface area contributed by atoms with Crippen LogP contribution in [0.25, 0.3) is 0 Å². The van der Waals surface area contributed by atoms with Gasteiger partial charge in [0.15, 0.2) is 11.5 Å². The number of nitrogens with one attached hydrogen (secondary N) is 1. The first-order chi connectivity index (χ1) is 8.30. The normalized spacial score (nSPS) is 19.4. The maximum atomic E-state index is 5.42. The van der Waals surface area contributed by atoms with Crippen molar-refractivity contribution in [2.75, 3.05) is 33.6 Å². The summed E-state index contributed by atoms with van der Waals surface area (Å²) >= 11 is 1.70. The Labute approximate surface area is 107 Å². The average molecular weight is 253 g/mol. The minimum absolute atomic E-state index is 0.598. The van der Waals surface area contributed by atoms with Crippen molar-refractivity contribution in [3.8, 4) is 11.5 Å². The van der Waals surface area contributed by atoms with Gasteiger partial charge in [0.25, 0.3) is 0 Å². The molecule has 1 N–H and O–H groups in total. The highest BCUT2D eigenvalue weighted by molar-refractivity contribution is 7.98. The Morgan fingerprint density at radius 2 is 2.12 bits per heavy atom. The highest BCUT2D eigenvalue weighted by atomic mass is 32.2. The first-order valence-corrected chi connectivity index (χ1v) is 7.03. The summed E-state index contributed by atoms with van der Waals surface area (Å²) < 4.78 is 10.8. The molecule has 1 fully saturated rings. The lowest BCUT2D eigenvalue weighted by Gasteiger charge is -2.16. The largest absolute Gasteiger partial charge is 0.493 e. The van der Waals surface area contributed by atoms with Crippen molar-refractivity contribution in [1.29, 1.82) is 0 Å². The standard InChI is InChI=1S/C13H19NO2S/c1-15-11-6-10(9-4-5-14-8-9)7-12(17-3)13(11)16-2/h6-7,9,14H,4-5,8H2,1-3H3. The van der Waals surface area contributed by atoms with Crippen molar-refractivity contribution in [2.45, 2.75) is 17.2 Å². The van der Waals surface area contributed by atoms with E-state index in [1.54, 1.807) is 26.0 Å². The maximum absolute atomic E-state index is 5.42. The Morgan fingerprint density at radius 1 is 1.29 bits per heavy atom. The predicted molar refractivity (Wildman–Crippen MR) is 71.6 cm³/mol. The molecular weight excluding hydrogens is 234 g/mol. The highest BCUT2D eigenvalue weighted by Crippen LogP contribution is 2.40. The van der Waals surface area contributed by atoms with Crippen LogP contribution in [-0.4, -0.2) is 33.6 Å². The van der Waals surface area contributed by atoms with E-state index in [2.05, 4.69) is 23.7 Å². The summed E-state index contributed by atoms with van der Waals surface area (Å²) in [5, 5.41) is 3.40. The van der Waals surface area contributed by atoms with Gasteiger partial charge in [-0.05, 0) is 42.8 Å². The minimum atomic E-state index is 0.598. The van der Waals surface area contributed by atoms with Gasteiger partial charge in [-0.3, -0.25) is 0 Å². The molecule has 4 heteroatoms. The van der Waals surface area contributed by atoms with E-state index < -0.39 is 0 Å². The van der Waals surface area contributed by atoms with E-state index >= 15 is 0 Å². The molecule has 0 amide bonds. The van der Waals surface area contributed by atoms with Crippen molar-refractivity contribution in [2.24, 2.45) is 0 Å². The molecule has 0 spiro atoms. The average Bonchev–Trinajstić information content (AvgIpc) is 2.90. The first kappa shape index (κ1) is 12.6. The number of thioether (sulfide) groups is 1. The van der Waals surface area contributed by atoms with Gasteiger partial charge in [0.1, 0.15) is 0 Å². The van der Waals surface area contributed by atoms with Crippen LogP contribution in [0.3, 0.4) is 0 Å². The molecule has 0 saturated carbocycles. The summed E-state index contributed by atoms with van der Waals surface area (Å²) in [4.78, 5) is 1.15. The van der Waals surface area contributed by atoms with E-state index in [1.165, 1.54) is 12.0 Å². The molecule has 1 aromatic rings. The van der Waals surface area contributed by atoms with Gasteiger partial charge >= 0.3 is 0 Å². The van der Waals surface area contributed by atoms with Crippen LogP contribution in [-0.2, 0) is 0 Å². The molecule has 0 radical (unpaired) electrons. The lowest BCUT2D eigenvalue weighted by atomic mass is 9.98. The molecule has 94 valence electrons. The summed E-state index contributed by atoms with van der Waals surface area (Å²) in [5.74, 6) is 2.27. The Balaban J connectivity index is 2.40. The SMILES string of the molecule is COc1cc(C2CCNC2)cc(SC)c1OC. The van der Waals surface area contributed by atoms with Crippen molar-refractivity contribution < 1.29 is 9.47 Å². The van der Waals surface area contributed by atoms with E-state index in [9.17, 15) is 0 Å². The molecule has 1 unspecified atom stereocenters. The molecule has 3 nitrogen and oxygen atoms in total. The van der Waals surface area contributed by atoms with Crippen molar-refractivity contribution >= 4 is 11.8 Å². The first-order valence-electron chi connectivity index (χ1n) is 5.80. The van der Waals surface area contributed by atoms with Gasteiger partial charge in [0.05, 0.1) is 19.1 Å². The summed E-state index contributed by atoms with van der Waals surface area (Å²) in [6.45, 7) is 2.16. The quantitative estimate of drug-likeness (QED) is 0.835. The van der Waals surface area contributed by atoms with E-state index in [0.717, 1.165) is 29.5 Å². The molecule has 1 saturated heterocycles. The molecule has 1 atom stereocenters. The van der Waals surface area contributed by atoms with Crippen LogP contribution < -0.4 is 14.8 Å². The van der Waals surface area contributed by atoms with Crippen LogP contribution in [0.4, 0.5) is 0 Å². The second-order valence-corrected chi connectivity index (χ2v) is 5.00. The fourth-order valence-corrected chi connectivity index (χ4v) is 2.90. The third-order valence-electron chi connectivity index (χ3n) is 3.22. The monoisotopic (exact) mass is 253 g/mol. The van der Waals surface area contributed by atoms with Gasteiger partial charge < -0.3 is 14.8 Å². The zero-order valence-corrected chi connectivity index (χ0v) is 11.4. The highest BCUT2D eigenvalue weighted by Gasteiger charge is 2.20. The summed E-state index contributed by atoms with van der Waals surface area (Å²) in [6.07, 6.45) is 3.26. The van der Waals surface area contributed by atoms with Gasteiger partial charge in [-0.15, -0.1) is 11.8 Å². The number of benzene rings is 1. The van der Waals surface area contributed by atoms with Gasteiger partial charge in [-0.1, -0.05) is 0 Å². The van der Waals surface area contributed by atoms with Crippen molar-refractivity contribution in [3.05, 3.63) is 17.7 Å². The topological polar surface area (TPSA) is 30.5 Å². The lowest BCUT2D eigenvalue weighted by molar-refractivity contribution is 0.347. The maximum Gasteiger partial charge on any atom is 0.174 e. The van der Waals surface area contributed by atoms with E-state index in [4.69, 9.17) is 9.47 Å². The predicted octanol–water partition coefficient (Wildman–Crippen LogP) is 2.50. The molecule has 0 aliphatic carbocycles. The minimum Gasteiger partial charge on any atom is -0.493 e. The van der Waals surface area contributed by atoms with Crippen LogP contribution in [0.1, 0.15) is 17.9 Å². The van der Waals surface area contributed by atoms with Crippen LogP contribution >= 0.6 is 11.8 Å². The number of hydrogen-bond donors (Lipinski definition) is 1. The van der Waals surface area contributed by atoms with Crippen LogP contribution in [0.5, 0.6) is 11.5 Å². The Hall–Kier alpha value is -0.870. The van der Waals surface area contributed by atoms with Gasteiger partial charge in [0.2, 0.25) is 0 Å². The van der Waals surface area contributed by atoms with Crippen LogP contribution in [0.2, 0.25) is 0 Å². The zero-order valence-electron chi connectivity index (χ0n) is 10.6. The zero-order chi connectivity index (χ0) is 12.3. The molecule has 1 heterocycles. The number of methoxy groups -OCH3 is 2. The molecule has 0 aromatic heterocycles. The summed E-state index contributed by atoms with van der Waals surface area (Å²) in [5.41, 5.74) is 1.34. The van der Waals surface area contributed by atoms with E-state index in [1.807, 2.05) is 0 Å². The smallest absolute Gasteiger partial charge is 0.174 e. The van der Waals surface area contributed by atoms with E-state index in [0.29, 0.717) is 5.92 Å². The molecule has 0 bridgehead atoms. The lowest BCUT2D eigenvalue weighted by Crippen LogP contribution is -2.08. The third-order valence-corrected chi connectivity index (χ3v) is 3.96.